The van der Waals surface area contributed by atoms with Crippen LogP contribution in [-0.4, -0.2) is 21.5 Å². The van der Waals surface area contributed by atoms with Crippen LogP contribution in [0.5, 0.6) is 5.88 Å². The molecule has 0 aliphatic heterocycles. The molecule has 0 atom stereocenters. The Morgan fingerprint density at radius 1 is 1.08 bits per heavy atom. The summed E-state index contributed by atoms with van der Waals surface area (Å²) in [6.07, 6.45) is 1.58. The number of nitrogens with one attached hydrogen (secondary N) is 1. The number of halogens is 1. The highest BCUT2D eigenvalue weighted by Crippen LogP contribution is 2.36. The lowest BCUT2D eigenvalue weighted by Gasteiger charge is -2.11. The van der Waals surface area contributed by atoms with E-state index < -0.39 is 0 Å². The number of nitrogens with zero attached hydrogens (tertiary/aromatic N) is 3. The fourth-order valence-corrected chi connectivity index (χ4v) is 3.41. The third-order valence-electron chi connectivity index (χ3n) is 3.71. The van der Waals surface area contributed by atoms with Crippen LogP contribution in [0, 0.1) is 0 Å². The first-order valence-electron chi connectivity index (χ1n) is 7.53. The molecule has 0 saturated carbocycles. The largest absolute Gasteiger partial charge is 0.480 e. The fraction of sp³-hybridized carbons (Fsp3) is 0.0556. The summed E-state index contributed by atoms with van der Waals surface area (Å²) in [5, 5.41) is 3.90. The van der Waals surface area contributed by atoms with E-state index in [-0.39, 0.29) is 0 Å². The molecular weight excluding hydrogens is 356 g/mol. The molecule has 2 aromatic heterocycles. The molecule has 7 heteroatoms. The van der Waals surface area contributed by atoms with Crippen molar-refractivity contribution in [3.8, 4) is 17.0 Å². The number of hydrogen-bond donors (Lipinski definition) is 1. The molecule has 0 fully saturated rings. The van der Waals surface area contributed by atoms with Crippen molar-refractivity contribution >= 4 is 45.0 Å². The van der Waals surface area contributed by atoms with Gasteiger partial charge in [0.2, 0.25) is 5.88 Å². The first kappa shape index (κ1) is 15.8. The first-order chi connectivity index (χ1) is 12.3. The highest BCUT2D eigenvalue weighted by Gasteiger charge is 2.14. The van der Waals surface area contributed by atoms with Gasteiger partial charge < -0.3 is 10.1 Å². The molecule has 5 nitrogen and oxygen atoms in total. The van der Waals surface area contributed by atoms with Crippen LogP contribution in [0.25, 0.3) is 21.5 Å². The summed E-state index contributed by atoms with van der Waals surface area (Å²) in [6, 6.07) is 15.9. The monoisotopic (exact) mass is 368 g/mol. The number of hydrogen-bond acceptors (Lipinski definition) is 6. The van der Waals surface area contributed by atoms with Gasteiger partial charge in [-0.2, -0.15) is 4.37 Å². The van der Waals surface area contributed by atoms with Gasteiger partial charge in [0.1, 0.15) is 5.52 Å². The molecule has 25 heavy (non-hydrogen) atoms. The standard InChI is InChI=1S/C18H13ClN4OS/c1-24-14-10-20-18-16(22-14)17(23-25-18)21-13-9-5-8-12(15(13)19)11-6-3-2-4-7-11/h2-10H,1H3,(H,21,23). The minimum absolute atomic E-state index is 0.444. The zero-order chi connectivity index (χ0) is 17.2. The smallest absolute Gasteiger partial charge is 0.232 e. The van der Waals surface area contributed by atoms with Gasteiger partial charge in [0.15, 0.2) is 10.6 Å². The maximum Gasteiger partial charge on any atom is 0.232 e. The van der Waals surface area contributed by atoms with Crippen molar-refractivity contribution in [1.29, 1.82) is 0 Å². The molecule has 1 N–H and O–H groups in total. The molecule has 4 aromatic rings. The number of aromatic nitrogens is 3. The van der Waals surface area contributed by atoms with Crippen LogP contribution >= 0.6 is 23.1 Å². The van der Waals surface area contributed by atoms with Crippen LogP contribution in [-0.2, 0) is 0 Å². The van der Waals surface area contributed by atoms with E-state index in [1.54, 1.807) is 13.3 Å². The van der Waals surface area contributed by atoms with Crippen LogP contribution in [0.3, 0.4) is 0 Å². The van der Waals surface area contributed by atoms with E-state index in [9.17, 15) is 0 Å². The van der Waals surface area contributed by atoms with Gasteiger partial charge in [0.05, 0.1) is 24.0 Å². The first-order valence-corrected chi connectivity index (χ1v) is 8.69. The molecule has 0 radical (unpaired) electrons. The normalized spacial score (nSPS) is 10.8. The van der Waals surface area contributed by atoms with Crippen LogP contribution in [0.1, 0.15) is 0 Å². The zero-order valence-corrected chi connectivity index (χ0v) is 14.8. The minimum Gasteiger partial charge on any atom is -0.480 e. The molecule has 2 aromatic carbocycles. The molecule has 4 rings (SSSR count). The summed E-state index contributed by atoms with van der Waals surface area (Å²) < 4.78 is 9.55. The van der Waals surface area contributed by atoms with Gasteiger partial charge in [0, 0.05) is 5.56 Å². The molecule has 124 valence electrons. The Morgan fingerprint density at radius 3 is 2.72 bits per heavy atom. The molecular formula is C18H13ClN4OS. The lowest BCUT2D eigenvalue weighted by Crippen LogP contribution is -1.95. The second-order valence-corrected chi connectivity index (χ2v) is 6.39. The van der Waals surface area contributed by atoms with Crippen molar-refractivity contribution in [2.24, 2.45) is 0 Å². The van der Waals surface area contributed by atoms with E-state index in [0.29, 0.717) is 22.2 Å². The highest BCUT2D eigenvalue weighted by atomic mass is 35.5. The maximum atomic E-state index is 6.62. The van der Waals surface area contributed by atoms with Crippen molar-refractivity contribution in [1.82, 2.24) is 14.3 Å². The van der Waals surface area contributed by atoms with Crippen molar-refractivity contribution in [3.63, 3.8) is 0 Å². The maximum absolute atomic E-state index is 6.62. The molecule has 0 unspecified atom stereocenters. The van der Waals surface area contributed by atoms with Crippen LogP contribution in [0.2, 0.25) is 5.02 Å². The lowest BCUT2D eigenvalue weighted by molar-refractivity contribution is 0.398. The number of fused-ring (bicyclic) bond motifs is 1. The van der Waals surface area contributed by atoms with Gasteiger partial charge in [-0.05, 0) is 23.2 Å². The van der Waals surface area contributed by atoms with Crippen LogP contribution < -0.4 is 10.1 Å². The van der Waals surface area contributed by atoms with E-state index in [4.69, 9.17) is 16.3 Å². The molecule has 0 spiro atoms. The second kappa shape index (κ2) is 6.66. The lowest BCUT2D eigenvalue weighted by atomic mass is 10.1. The molecule has 2 heterocycles. The summed E-state index contributed by atoms with van der Waals surface area (Å²) >= 11 is 7.90. The van der Waals surface area contributed by atoms with E-state index in [1.165, 1.54) is 11.5 Å². The predicted octanol–water partition coefficient (Wildman–Crippen LogP) is 5.16. The molecule has 0 amide bonds. The van der Waals surface area contributed by atoms with E-state index in [2.05, 4.69) is 19.7 Å². The van der Waals surface area contributed by atoms with Gasteiger partial charge in [-0.1, -0.05) is 54.1 Å². The average molecular weight is 369 g/mol. The van der Waals surface area contributed by atoms with Gasteiger partial charge in [-0.25, -0.2) is 9.97 Å². The van der Waals surface area contributed by atoms with Crippen LogP contribution in [0.4, 0.5) is 11.5 Å². The summed E-state index contributed by atoms with van der Waals surface area (Å²) in [4.78, 5) is 9.45. The Bertz CT molecular complexity index is 1040. The molecule has 0 aliphatic rings. The second-order valence-electron chi connectivity index (χ2n) is 5.26. The molecule has 0 saturated heterocycles. The summed E-state index contributed by atoms with van der Waals surface area (Å²) in [5.74, 6) is 1.05. The zero-order valence-electron chi connectivity index (χ0n) is 13.2. The SMILES string of the molecule is COc1cnc2snc(Nc3cccc(-c4ccccc4)c3Cl)c2n1. The third-order valence-corrected chi connectivity index (χ3v) is 4.86. The van der Waals surface area contributed by atoms with Crippen LogP contribution in [0.15, 0.2) is 54.7 Å². The summed E-state index contributed by atoms with van der Waals surface area (Å²) in [5.41, 5.74) is 3.43. The summed E-state index contributed by atoms with van der Waals surface area (Å²) in [6.45, 7) is 0. The highest BCUT2D eigenvalue weighted by molar-refractivity contribution is 7.13. The van der Waals surface area contributed by atoms with E-state index in [1.807, 2.05) is 48.5 Å². The Kier molecular flexibility index (Phi) is 4.21. The number of rotatable bonds is 4. The Labute approximate surface area is 153 Å². The Balaban J connectivity index is 1.74. The van der Waals surface area contributed by atoms with Gasteiger partial charge in [-0.15, -0.1) is 0 Å². The van der Waals surface area contributed by atoms with Gasteiger partial charge >= 0.3 is 0 Å². The molecule has 0 bridgehead atoms. The molecule has 0 aliphatic carbocycles. The third kappa shape index (κ3) is 3.01. The number of ether oxygens (including phenoxy) is 1. The van der Waals surface area contributed by atoms with Crippen molar-refractivity contribution < 1.29 is 4.74 Å². The fourth-order valence-electron chi connectivity index (χ4n) is 2.49. The number of methoxy groups -OCH3 is 1. The Morgan fingerprint density at radius 2 is 1.92 bits per heavy atom. The minimum atomic E-state index is 0.444. The van der Waals surface area contributed by atoms with E-state index in [0.717, 1.165) is 21.6 Å². The van der Waals surface area contributed by atoms with E-state index >= 15 is 0 Å². The summed E-state index contributed by atoms with van der Waals surface area (Å²) in [7, 11) is 1.56. The van der Waals surface area contributed by atoms with Crippen molar-refractivity contribution in [2.45, 2.75) is 0 Å². The number of benzene rings is 2. The average Bonchev–Trinajstić information content (AvgIpc) is 3.06. The number of anilines is 2. The van der Waals surface area contributed by atoms with Crippen molar-refractivity contribution in [2.75, 3.05) is 12.4 Å². The quantitative estimate of drug-likeness (QED) is 0.539. The van der Waals surface area contributed by atoms with Gasteiger partial charge in [0.25, 0.3) is 0 Å². The predicted molar refractivity (Wildman–Crippen MR) is 102 cm³/mol. The van der Waals surface area contributed by atoms with Crippen molar-refractivity contribution in [3.05, 3.63) is 59.8 Å². The topological polar surface area (TPSA) is 59.9 Å². The Hall–Kier alpha value is -2.70. The van der Waals surface area contributed by atoms with Gasteiger partial charge in [-0.3, -0.25) is 0 Å².